The van der Waals surface area contributed by atoms with Crippen LogP contribution in [0.5, 0.6) is 0 Å². The standard InChI is InChI=1S/C24H21ClN4O3/c1-17(19-7-11-21(25)12-8-19)26-28-23(30)16-27(15-18-5-3-2-4-6-18)24(28)20-9-13-22(14-10-20)29(31)32/h2-14,24H,15-16H2,1H3/b26-17-/t24-/m0/s1. The van der Waals surface area contributed by atoms with Crippen molar-refractivity contribution in [3.05, 3.63) is 111 Å². The number of hydrazone groups is 1. The van der Waals surface area contributed by atoms with E-state index in [0.29, 0.717) is 17.3 Å². The van der Waals surface area contributed by atoms with Gasteiger partial charge in [0, 0.05) is 23.7 Å². The fraction of sp³-hybridized carbons (Fsp3) is 0.167. The van der Waals surface area contributed by atoms with Crippen molar-refractivity contribution in [2.24, 2.45) is 5.10 Å². The number of amides is 1. The highest BCUT2D eigenvalue weighted by Gasteiger charge is 2.39. The molecule has 32 heavy (non-hydrogen) atoms. The second kappa shape index (κ2) is 9.30. The van der Waals surface area contributed by atoms with Gasteiger partial charge in [0.25, 0.3) is 11.6 Å². The van der Waals surface area contributed by atoms with Crippen LogP contribution in [0.4, 0.5) is 5.69 Å². The van der Waals surface area contributed by atoms with E-state index in [1.54, 1.807) is 24.3 Å². The minimum absolute atomic E-state index is 0.0000731. The van der Waals surface area contributed by atoms with Crippen molar-refractivity contribution in [1.29, 1.82) is 0 Å². The molecule has 1 heterocycles. The van der Waals surface area contributed by atoms with E-state index in [4.69, 9.17) is 11.6 Å². The van der Waals surface area contributed by atoms with Crippen LogP contribution in [0.3, 0.4) is 0 Å². The molecule has 3 aromatic carbocycles. The molecule has 162 valence electrons. The summed E-state index contributed by atoms with van der Waals surface area (Å²) in [7, 11) is 0. The van der Waals surface area contributed by atoms with Crippen molar-refractivity contribution in [2.75, 3.05) is 6.54 Å². The minimum atomic E-state index is -0.481. The molecule has 0 N–H and O–H groups in total. The summed E-state index contributed by atoms with van der Waals surface area (Å²) in [6.07, 6.45) is -0.481. The number of rotatable bonds is 6. The van der Waals surface area contributed by atoms with Crippen LogP contribution in [0.1, 0.15) is 29.8 Å². The summed E-state index contributed by atoms with van der Waals surface area (Å²) in [5.41, 5.74) is 3.34. The van der Waals surface area contributed by atoms with Crippen LogP contribution in [0, 0.1) is 10.1 Å². The second-order valence-corrected chi connectivity index (χ2v) is 7.98. The number of benzene rings is 3. The number of carbonyl (C=O) groups excluding carboxylic acids is 1. The lowest BCUT2D eigenvalue weighted by molar-refractivity contribution is -0.384. The quantitative estimate of drug-likeness (QED) is 0.301. The SMILES string of the molecule is C/C(=N/N1C(=O)CN(Cc2ccccc2)[C@@H]1c1ccc([N+](=O)[O-])cc1)c1ccc(Cl)cc1. The molecule has 3 aromatic rings. The van der Waals surface area contributed by atoms with E-state index >= 15 is 0 Å². The van der Waals surface area contributed by atoms with Crippen molar-refractivity contribution in [3.63, 3.8) is 0 Å². The molecular formula is C24H21ClN4O3. The van der Waals surface area contributed by atoms with Gasteiger partial charge in [-0.15, -0.1) is 0 Å². The Bertz CT molecular complexity index is 1150. The van der Waals surface area contributed by atoms with Crippen LogP contribution in [0.25, 0.3) is 0 Å². The highest BCUT2D eigenvalue weighted by molar-refractivity contribution is 6.30. The zero-order valence-corrected chi connectivity index (χ0v) is 18.1. The largest absolute Gasteiger partial charge is 0.271 e. The van der Waals surface area contributed by atoms with Crippen molar-refractivity contribution in [1.82, 2.24) is 9.91 Å². The van der Waals surface area contributed by atoms with Crippen molar-refractivity contribution < 1.29 is 9.72 Å². The van der Waals surface area contributed by atoms with Gasteiger partial charge in [0.15, 0.2) is 0 Å². The molecule has 1 amide bonds. The first kappa shape index (κ1) is 21.7. The predicted octanol–water partition coefficient (Wildman–Crippen LogP) is 5.02. The van der Waals surface area contributed by atoms with E-state index in [1.807, 2.05) is 54.3 Å². The Labute approximate surface area is 190 Å². The first-order chi connectivity index (χ1) is 15.4. The highest BCUT2D eigenvalue weighted by atomic mass is 35.5. The second-order valence-electron chi connectivity index (χ2n) is 7.54. The lowest BCUT2D eigenvalue weighted by Crippen LogP contribution is -2.29. The molecule has 8 heteroatoms. The summed E-state index contributed by atoms with van der Waals surface area (Å²) in [4.78, 5) is 25.7. The van der Waals surface area contributed by atoms with Gasteiger partial charge < -0.3 is 0 Å². The van der Waals surface area contributed by atoms with Crippen LogP contribution in [0.2, 0.25) is 5.02 Å². The number of nitro benzene ring substituents is 1. The summed E-state index contributed by atoms with van der Waals surface area (Å²) in [6.45, 7) is 2.57. The van der Waals surface area contributed by atoms with Gasteiger partial charge >= 0.3 is 0 Å². The van der Waals surface area contributed by atoms with Gasteiger partial charge in [-0.2, -0.15) is 5.10 Å². The van der Waals surface area contributed by atoms with Gasteiger partial charge in [-0.1, -0.05) is 54.1 Å². The van der Waals surface area contributed by atoms with Gasteiger partial charge in [-0.25, -0.2) is 5.01 Å². The Morgan fingerprint density at radius 3 is 2.34 bits per heavy atom. The molecule has 0 spiro atoms. The van der Waals surface area contributed by atoms with E-state index in [-0.39, 0.29) is 18.1 Å². The van der Waals surface area contributed by atoms with Gasteiger partial charge in [0.05, 0.1) is 17.2 Å². The summed E-state index contributed by atoms with van der Waals surface area (Å²) in [6, 6.07) is 23.4. The van der Waals surface area contributed by atoms with Crippen molar-refractivity contribution >= 4 is 28.9 Å². The summed E-state index contributed by atoms with van der Waals surface area (Å²) in [5.74, 6) is -0.141. The molecule has 4 rings (SSSR count). The molecule has 0 saturated carbocycles. The molecule has 0 bridgehead atoms. The maximum atomic E-state index is 13.0. The lowest BCUT2D eigenvalue weighted by atomic mass is 10.1. The molecule has 1 aliphatic rings. The van der Waals surface area contributed by atoms with Crippen LogP contribution in [0.15, 0.2) is 84.0 Å². The van der Waals surface area contributed by atoms with E-state index < -0.39 is 11.1 Å². The lowest BCUT2D eigenvalue weighted by Gasteiger charge is -2.28. The molecule has 0 unspecified atom stereocenters. The average Bonchev–Trinajstić information content (AvgIpc) is 3.09. The summed E-state index contributed by atoms with van der Waals surface area (Å²) < 4.78 is 0. The van der Waals surface area contributed by atoms with Gasteiger partial charge in [-0.05, 0) is 47.9 Å². The zero-order chi connectivity index (χ0) is 22.7. The average molecular weight is 449 g/mol. The summed E-state index contributed by atoms with van der Waals surface area (Å²) >= 11 is 5.99. The van der Waals surface area contributed by atoms with E-state index in [9.17, 15) is 14.9 Å². The maximum Gasteiger partial charge on any atom is 0.269 e. The molecule has 0 aromatic heterocycles. The summed E-state index contributed by atoms with van der Waals surface area (Å²) in [5, 5.41) is 17.8. The fourth-order valence-corrected chi connectivity index (χ4v) is 3.85. The first-order valence-corrected chi connectivity index (χ1v) is 10.5. The zero-order valence-electron chi connectivity index (χ0n) is 17.4. The van der Waals surface area contributed by atoms with E-state index in [2.05, 4.69) is 5.10 Å². The number of hydrogen-bond donors (Lipinski definition) is 0. The number of carbonyl (C=O) groups is 1. The molecule has 1 aliphatic heterocycles. The third kappa shape index (κ3) is 4.69. The number of nitro groups is 1. The molecule has 0 radical (unpaired) electrons. The Kier molecular flexibility index (Phi) is 6.30. The molecule has 1 saturated heterocycles. The smallest absolute Gasteiger partial charge is 0.269 e. The topological polar surface area (TPSA) is 79.0 Å². The van der Waals surface area contributed by atoms with Crippen molar-refractivity contribution in [3.8, 4) is 0 Å². The molecular weight excluding hydrogens is 428 g/mol. The van der Waals surface area contributed by atoms with Crippen LogP contribution >= 0.6 is 11.6 Å². The number of non-ortho nitro benzene ring substituents is 1. The van der Waals surface area contributed by atoms with Crippen LogP contribution in [-0.2, 0) is 11.3 Å². The Morgan fingerprint density at radius 1 is 1.06 bits per heavy atom. The molecule has 0 aliphatic carbocycles. The number of nitrogens with zero attached hydrogens (tertiary/aromatic N) is 4. The first-order valence-electron chi connectivity index (χ1n) is 10.1. The molecule has 7 nitrogen and oxygen atoms in total. The Morgan fingerprint density at radius 2 is 1.72 bits per heavy atom. The maximum absolute atomic E-state index is 13.0. The molecule has 1 fully saturated rings. The number of halogens is 1. The van der Waals surface area contributed by atoms with Gasteiger partial charge in [-0.3, -0.25) is 19.8 Å². The third-order valence-electron chi connectivity index (χ3n) is 5.32. The minimum Gasteiger partial charge on any atom is -0.271 e. The predicted molar refractivity (Wildman–Crippen MR) is 123 cm³/mol. The molecule has 1 atom stereocenters. The normalized spacial score (nSPS) is 17.1. The highest BCUT2D eigenvalue weighted by Crippen LogP contribution is 2.33. The number of hydrogen-bond acceptors (Lipinski definition) is 5. The fourth-order valence-electron chi connectivity index (χ4n) is 3.73. The third-order valence-corrected chi connectivity index (χ3v) is 5.57. The van der Waals surface area contributed by atoms with Crippen molar-refractivity contribution in [2.45, 2.75) is 19.6 Å². The Hall–Kier alpha value is -3.55. The van der Waals surface area contributed by atoms with E-state index in [1.165, 1.54) is 17.1 Å². The van der Waals surface area contributed by atoms with E-state index in [0.717, 1.165) is 16.7 Å². The van der Waals surface area contributed by atoms with Gasteiger partial charge in [0.2, 0.25) is 0 Å². The van der Waals surface area contributed by atoms with Crippen LogP contribution < -0.4 is 0 Å². The van der Waals surface area contributed by atoms with Gasteiger partial charge in [0.1, 0.15) is 6.17 Å². The van der Waals surface area contributed by atoms with Crippen LogP contribution in [-0.4, -0.2) is 33.0 Å². The monoisotopic (exact) mass is 448 g/mol. The Balaban J connectivity index is 1.71.